The molecule has 5 heteroatoms. The average Bonchev–Trinajstić information content (AvgIpc) is 2.63. The maximum absolute atomic E-state index is 10.8. The Morgan fingerprint density at radius 2 is 2.04 bits per heavy atom. The first-order valence-corrected chi connectivity index (χ1v) is 11.5. The van der Waals surface area contributed by atoms with Gasteiger partial charge in [0.25, 0.3) is 0 Å². The fourth-order valence-electron chi connectivity index (χ4n) is 3.32. The predicted molar refractivity (Wildman–Crippen MR) is 112 cm³/mol. The monoisotopic (exact) mass is 394 g/mol. The molecule has 3 nitrogen and oxygen atoms in total. The van der Waals surface area contributed by atoms with Crippen molar-refractivity contribution in [2.75, 3.05) is 18.1 Å². The molecule has 2 aliphatic rings. The lowest BCUT2D eigenvalue weighted by Gasteiger charge is -2.34. The molecular formula is C21H30O3S2. The van der Waals surface area contributed by atoms with Crippen LogP contribution in [0.2, 0.25) is 0 Å². The van der Waals surface area contributed by atoms with Gasteiger partial charge in [0.15, 0.2) is 6.29 Å². The third kappa shape index (κ3) is 5.00. The summed E-state index contributed by atoms with van der Waals surface area (Å²) in [6.45, 7) is 7.05. The Morgan fingerprint density at radius 1 is 1.27 bits per heavy atom. The molecule has 0 saturated carbocycles. The van der Waals surface area contributed by atoms with E-state index in [0.717, 1.165) is 42.8 Å². The van der Waals surface area contributed by atoms with Crippen LogP contribution in [0.4, 0.5) is 0 Å². The van der Waals surface area contributed by atoms with E-state index in [2.05, 4.69) is 19.1 Å². The molecule has 3 rings (SSSR count). The second kappa shape index (κ2) is 9.05. The zero-order valence-corrected chi connectivity index (χ0v) is 17.6. The van der Waals surface area contributed by atoms with Crippen LogP contribution >= 0.6 is 23.5 Å². The molecule has 1 aromatic carbocycles. The minimum atomic E-state index is -0.666. The lowest BCUT2D eigenvalue weighted by atomic mass is 10.0. The van der Waals surface area contributed by atoms with Crippen LogP contribution in [-0.2, 0) is 8.82 Å². The van der Waals surface area contributed by atoms with E-state index in [0.29, 0.717) is 0 Å². The summed E-state index contributed by atoms with van der Waals surface area (Å²) < 4.78 is 11.9. The Kier molecular flexibility index (Phi) is 7.00. The van der Waals surface area contributed by atoms with Crippen LogP contribution in [0.15, 0.2) is 29.8 Å². The van der Waals surface area contributed by atoms with E-state index in [4.69, 9.17) is 9.47 Å². The molecule has 2 unspecified atom stereocenters. The number of ether oxygens (including phenoxy) is 2. The summed E-state index contributed by atoms with van der Waals surface area (Å²) in [6.07, 6.45) is 5.40. The van der Waals surface area contributed by atoms with Gasteiger partial charge in [0.05, 0.1) is 10.7 Å². The van der Waals surface area contributed by atoms with E-state index in [1.165, 1.54) is 23.5 Å². The molecule has 1 N–H and O–H groups in total. The third-order valence-corrected chi connectivity index (χ3v) is 8.05. The highest BCUT2D eigenvalue weighted by Gasteiger charge is 2.32. The molecule has 0 spiro atoms. The van der Waals surface area contributed by atoms with Crippen LogP contribution in [0.3, 0.4) is 0 Å². The van der Waals surface area contributed by atoms with Gasteiger partial charge in [-0.1, -0.05) is 17.7 Å². The number of aliphatic hydroxyl groups excluding tert-OH is 1. The Hall–Kier alpha value is -0.620. The van der Waals surface area contributed by atoms with Crippen molar-refractivity contribution in [3.63, 3.8) is 0 Å². The van der Waals surface area contributed by atoms with Crippen LogP contribution < -0.4 is 4.74 Å². The lowest BCUT2D eigenvalue weighted by molar-refractivity contribution is -0.106. The van der Waals surface area contributed by atoms with Gasteiger partial charge in [-0.15, -0.1) is 23.5 Å². The molecule has 2 saturated heterocycles. The number of hydrogen-bond acceptors (Lipinski definition) is 5. The Morgan fingerprint density at radius 3 is 2.69 bits per heavy atom. The minimum Gasteiger partial charge on any atom is -0.465 e. The number of thioether (sulfide) groups is 2. The lowest BCUT2D eigenvalue weighted by Crippen LogP contribution is -2.26. The van der Waals surface area contributed by atoms with Gasteiger partial charge in [-0.2, -0.15) is 0 Å². The number of rotatable bonds is 5. The molecule has 0 amide bonds. The fourth-order valence-corrected chi connectivity index (χ4v) is 6.28. The summed E-state index contributed by atoms with van der Waals surface area (Å²) in [5, 5.41) is 10.8. The minimum absolute atomic E-state index is 0.0392. The van der Waals surface area contributed by atoms with Gasteiger partial charge in [0.1, 0.15) is 11.9 Å². The second-order valence-electron chi connectivity index (χ2n) is 7.35. The van der Waals surface area contributed by atoms with Crippen molar-refractivity contribution in [2.45, 2.75) is 62.9 Å². The fraction of sp³-hybridized carbons (Fsp3) is 0.619. The largest absolute Gasteiger partial charge is 0.465 e. The van der Waals surface area contributed by atoms with Crippen molar-refractivity contribution in [1.29, 1.82) is 0 Å². The van der Waals surface area contributed by atoms with Crippen molar-refractivity contribution in [3.05, 3.63) is 41.0 Å². The van der Waals surface area contributed by atoms with Crippen LogP contribution in [-0.4, -0.2) is 29.5 Å². The maximum atomic E-state index is 10.8. The van der Waals surface area contributed by atoms with E-state index in [1.54, 1.807) is 0 Å². The van der Waals surface area contributed by atoms with Crippen molar-refractivity contribution in [3.8, 4) is 5.75 Å². The topological polar surface area (TPSA) is 38.7 Å². The Bertz CT molecular complexity index is 628. The summed E-state index contributed by atoms with van der Waals surface area (Å²) >= 11 is 3.99. The van der Waals surface area contributed by atoms with E-state index in [1.807, 2.05) is 49.5 Å². The van der Waals surface area contributed by atoms with Gasteiger partial charge in [0, 0.05) is 12.0 Å². The van der Waals surface area contributed by atoms with Crippen LogP contribution in [0, 0.1) is 0 Å². The molecule has 2 atom stereocenters. The van der Waals surface area contributed by atoms with Crippen molar-refractivity contribution in [1.82, 2.24) is 0 Å². The molecule has 144 valence electrons. The van der Waals surface area contributed by atoms with Gasteiger partial charge in [0.2, 0.25) is 0 Å². The highest BCUT2D eigenvalue weighted by atomic mass is 32.2. The molecule has 1 aromatic rings. The molecule has 2 aliphatic heterocycles. The first-order chi connectivity index (χ1) is 12.5. The van der Waals surface area contributed by atoms with Gasteiger partial charge in [-0.3, -0.25) is 0 Å². The van der Waals surface area contributed by atoms with Crippen molar-refractivity contribution < 1.29 is 14.6 Å². The smallest absolute Gasteiger partial charge is 0.199 e. The van der Waals surface area contributed by atoms with E-state index >= 15 is 0 Å². The molecule has 0 radical (unpaired) electrons. The third-order valence-electron chi connectivity index (χ3n) is 4.78. The van der Waals surface area contributed by atoms with Gasteiger partial charge >= 0.3 is 0 Å². The maximum Gasteiger partial charge on any atom is 0.199 e. The molecular weight excluding hydrogens is 364 g/mol. The van der Waals surface area contributed by atoms with Crippen LogP contribution in [0.1, 0.15) is 63.7 Å². The van der Waals surface area contributed by atoms with Gasteiger partial charge in [-0.05, 0) is 69.2 Å². The SMILES string of the molecule is CC(C)=CC(O)c1cc(C2(C)SCCCS2)ccc1OC1CCCCO1. The quantitative estimate of drug-likeness (QED) is 0.655. The van der Waals surface area contributed by atoms with Gasteiger partial charge < -0.3 is 14.6 Å². The Labute approximate surface area is 165 Å². The Balaban J connectivity index is 1.91. The first-order valence-electron chi connectivity index (χ1n) is 9.51. The van der Waals surface area contributed by atoms with Crippen molar-refractivity contribution >= 4 is 23.5 Å². The summed E-state index contributed by atoms with van der Waals surface area (Å²) in [7, 11) is 0. The summed E-state index contributed by atoms with van der Waals surface area (Å²) in [5.41, 5.74) is 3.18. The average molecular weight is 395 g/mol. The summed E-state index contributed by atoms with van der Waals surface area (Å²) in [5.74, 6) is 3.10. The zero-order chi connectivity index (χ0) is 18.6. The van der Waals surface area contributed by atoms with E-state index in [9.17, 15) is 5.11 Å². The van der Waals surface area contributed by atoms with Crippen molar-refractivity contribution in [2.24, 2.45) is 0 Å². The van der Waals surface area contributed by atoms with Gasteiger partial charge in [-0.25, -0.2) is 0 Å². The molecule has 26 heavy (non-hydrogen) atoms. The van der Waals surface area contributed by atoms with E-state index in [-0.39, 0.29) is 10.4 Å². The second-order valence-corrected chi connectivity index (χ2v) is 10.6. The zero-order valence-electron chi connectivity index (χ0n) is 16.0. The number of benzene rings is 1. The first kappa shape index (κ1) is 20.1. The molecule has 0 aromatic heterocycles. The summed E-state index contributed by atoms with van der Waals surface area (Å²) in [6, 6.07) is 6.31. The molecule has 2 heterocycles. The predicted octanol–water partition coefficient (Wildman–Crippen LogP) is 5.63. The highest BCUT2D eigenvalue weighted by Crippen LogP contribution is 2.50. The molecule has 0 aliphatic carbocycles. The van der Waals surface area contributed by atoms with E-state index < -0.39 is 6.10 Å². The number of allylic oxidation sites excluding steroid dienone is 1. The molecule has 2 fully saturated rings. The summed E-state index contributed by atoms with van der Waals surface area (Å²) in [4.78, 5) is 0. The van der Waals surface area contributed by atoms with Crippen LogP contribution in [0.25, 0.3) is 0 Å². The highest BCUT2D eigenvalue weighted by molar-refractivity contribution is 8.18. The number of hydrogen-bond donors (Lipinski definition) is 1. The van der Waals surface area contributed by atoms with Crippen LogP contribution in [0.5, 0.6) is 5.75 Å². The number of aliphatic hydroxyl groups is 1. The standard InChI is InChI=1S/C21H30O3S2/c1-15(2)13-18(22)17-14-16(21(3)25-11-6-12-26-21)8-9-19(17)24-20-7-4-5-10-23-20/h8-9,13-14,18,20,22H,4-7,10-12H2,1-3H3. The molecule has 0 bridgehead atoms. The normalized spacial score (nSPS) is 23.9.